The predicted molar refractivity (Wildman–Crippen MR) is 118 cm³/mol. The second kappa shape index (κ2) is 8.81. The molecule has 0 bridgehead atoms. The maximum Gasteiger partial charge on any atom is 0.196 e. The highest BCUT2D eigenvalue weighted by atomic mass is 32.1. The van der Waals surface area contributed by atoms with E-state index in [2.05, 4.69) is 73.5 Å². The molecule has 1 N–H and O–H groups in total. The summed E-state index contributed by atoms with van der Waals surface area (Å²) in [5, 5.41) is 16.3. The number of thiazole rings is 1. The van der Waals surface area contributed by atoms with Crippen molar-refractivity contribution in [3.05, 3.63) is 69.5 Å². The van der Waals surface area contributed by atoms with Crippen LogP contribution in [0.25, 0.3) is 11.3 Å². The highest BCUT2D eigenvalue weighted by Gasteiger charge is 2.11. The van der Waals surface area contributed by atoms with Gasteiger partial charge in [0.2, 0.25) is 0 Å². The maximum atomic E-state index is 9.50. The van der Waals surface area contributed by atoms with Crippen LogP contribution in [0.2, 0.25) is 0 Å². The molecule has 3 rings (SSSR count). The van der Waals surface area contributed by atoms with Gasteiger partial charge in [-0.15, -0.1) is 11.3 Å². The van der Waals surface area contributed by atoms with E-state index in [1.54, 1.807) is 0 Å². The minimum Gasteiger partial charge on any atom is -0.277 e. The zero-order valence-corrected chi connectivity index (χ0v) is 17.5. The molecule has 0 fully saturated rings. The molecule has 1 aromatic heterocycles. The Hall–Kier alpha value is -2.97. The van der Waals surface area contributed by atoms with Crippen molar-refractivity contribution >= 4 is 22.7 Å². The van der Waals surface area contributed by atoms with Crippen molar-refractivity contribution in [2.75, 3.05) is 5.43 Å². The molecule has 0 unspecified atom stereocenters. The molecule has 5 heteroatoms. The zero-order chi connectivity index (χ0) is 20.1. The van der Waals surface area contributed by atoms with E-state index in [4.69, 9.17) is 0 Å². The first-order chi connectivity index (χ1) is 13.5. The third-order valence-electron chi connectivity index (χ3n) is 4.51. The van der Waals surface area contributed by atoms with Gasteiger partial charge in [0.1, 0.15) is 6.07 Å². The third-order valence-corrected chi connectivity index (χ3v) is 5.36. The van der Waals surface area contributed by atoms with Crippen LogP contribution < -0.4 is 5.43 Å². The minimum absolute atomic E-state index is 0.283. The van der Waals surface area contributed by atoms with Gasteiger partial charge in [-0.05, 0) is 55.0 Å². The van der Waals surface area contributed by atoms with Gasteiger partial charge >= 0.3 is 0 Å². The second-order valence-corrected chi connectivity index (χ2v) is 8.17. The first kappa shape index (κ1) is 19.8. The third kappa shape index (κ3) is 4.85. The number of nitrogens with one attached hydrogen (secondary N) is 1. The number of hydrazone groups is 1. The number of hydrogen-bond acceptors (Lipinski definition) is 5. The van der Waals surface area contributed by atoms with Gasteiger partial charge in [0.25, 0.3) is 0 Å². The van der Waals surface area contributed by atoms with Crippen molar-refractivity contribution in [1.82, 2.24) is 4.98 Å². The fourth-order valence-corrected chi connectivity index (χ4v) is 3.62. The Balaban J connectivity index is 1.77. The molecule has 0 spiro atoms. The van der Waals surface area contributed by atoms with Crippen molar-refractivity contribution in [1.29, 1.82) is 5.26 Å². The molecule has 0 saturated heterocycles. The SMILES string of the molecule is Cc1ccc(NN=C(C#N)c2nc(-c3ccc(CC(C)C)cc3)cs2)cc1C. The summed E-state index contributed by atoms with van der Waals surface area (Å²) < 4.78 is 0. The van der Waals surface area contributed by atoms with Crippen LogP contribution in [-0.4, -0.2) is 10.7 Å². The van der Waals surface area contributed by atoms with Gasteiger partial charge in [-0.1, -0.05) is 44.2 Å². The largest absolute Gasteiger partial charge is 0.277 e. The average Bonchev–Trinajstić information content (AvgIpc) is 3.15. The van der Waals surface area contributed by atoms with Crippen molar-refractivity contribution < 1.29 is 0 Å². The van der Waals surface area contributed by atoms with Crippen molar-refractivity contribution in [3.8, 4) is 17.3 Å². The molecule has 0 radical (unpaired) electrons. The molecule has 0 aliphatic rings. The lowest BCUT2D eigenvalue weighted by atomic mass is 10.0. The van der Waals surface area contributed by atoms with Crippen molar-refractivity contribution in [2.24, 2.45) is 11.0 Å². The van der Waals surface area contributed by atoms with Crippen molar-refractivity contribution in [3.63, 3.8) is 0 Å². The standard InChI is InChI=1S/C23H24N4S/c1-15(2)11-18-6-8-19(9-7-18)22-14-28-23(25-22)21(13-24)27-26-20-10-5-16(3)17(4)12-20/h5-10,12,14-15,26H,11H2,1-4H3. The van der Waals surface area contributed by atoms with Gasteiger partial charge in [-0.25, -0.2) is 4.98 Å². The van der Waals surface area contributed by atoms with Crippen LogP contribution in [-0.2, 0) is 6.42 Å². The van der Waals surface area contributed by atoms with E-state index in [1.165, 1.54) is 28.0 Å². The number of rotatable bonds is 6. The van der Waals surface area contributed by atoms with Crippen LogP contribution in [0.4, 0.5) is 5.69 Å². The van der Waals surface area contributed by atoms with E-state index in [1.807, 2.05) is 23.6 Å². The molecule has 1 heterocycles. The van der Waals surface area contributed by atoms with Crippen LogP contribution in [0.15, 0.2) is 52.9 Å². The average molecular weight is 389 g/mol. The number of nitrogens with zero attached hydrogens (tertiary/aromatic N) is 3. The van der Waals surface area contributed by atoms with Crippen LogP contribution >= 0.6 is 11.3 Å². The Bertz CT molecular complexity index is 1020. The molecule has 0 aliphatic carbocycles. The minimum atomic E-state index is 0.283. The van der Waals surface area contributed by atoms with Crippen molar-refractivity contribution in [2.45, 2.75) is 34.1 Å². The quantitative estimate of drug-likeness (QED) is 0.418. The lowest BCUT2D eigenvalue weighted by molar-refractivity contribution is 0.647. The number of anilines is 1. The Morgan fingerprint density at radius 2 is 1.89 bits per heavy atom. The second-order valence-electron chi connectivity index (χ2n) is 7.32. The summed E-state index contributed by atoms with van der Waals surface area (Å²) >= 11 is 1.43. The number of nitriles is 1. The molecule has 4 nitrogen and oxygen atoms in total. The van der Waals surface area contributed by atoms with E-state index >= 15 is 0 Å². The lowest BCUT2D eigenvalue weighted by Gasteiger charge is -2.05. The van der Waals surface area contributed by atoms with Crippen LogP contribution in [0.3, 0.4) is 0 Å². The summed E-state index contributed by atoms with van der Waals surface area (Å²) in [6, 6.07) is 16.6. The van der Waals surface area contributed by atoms with E-state index in [0.717, 1.165) is 23.4 Å². The smallest absolute Gasteiger partial charge is 0.196 e. The molecule has 0 atom stereocenters. The molecule has 142 valence electrons. The molecule has 2 aromatic carbocycles. The molecular formula is C23H24N4S. The maximum absolute atomic E-state index is 9.50. The summed E-state index contributed by atoms with van der Waals surface area (Å²) in [6.45, 7) is 8.55. The van der Waals surface area contributed by atoms with Crippen LogP contribution in [0, 0.1) is 31.1 Å². The molecule has 0 aliphatic heterocycles. The van der Waals surface area contributed by atoms with Gasteiger partial charge < -0.3 is 0 Å². The van der Waals surface area contributed by atoms with Gasteiger partial charge in [0.15, 0.2) is 10.7 Å². The summed E-state index contributed by atoms with van der Waals surface area (Å²) in [4.78, 5) is 4.61. The summed E-state index contributed by atoms with van der Waals surface area (Å²) in [5.41, 5.74) is 9.75. The Kier molecular flexibility index (Phi) is 6.23. The summed E-state index contributed by atoms with van der Waals surface area (Å²) in [6.07, 6.45) is 1.07. The van der Waals surface area contributed by atoms with E-state index in [9.17, 15) is 5.26 Å². The fraction of sp³-hybridized carbons (Fsp3) is 0.261. The topological polar surface area (TPSA) is 61.1 Å². The fourth-order valence-electron chi connectivity index (χ4n) is 2.85. The summed E-state index contributed by atoms with van der Waals surface area (Å²) in [5.74, 6) is 0.635. The monoisotopic (exact) mass is 388 g/mol. The Morgan fingerprint density at radius 1 is 1.14 bits per heavy atom. The van der Waals surface area contributed by atoms with Gasteiger partial charge in [-0.3, -0.25) is 5.43 Å². The first-order valence-electron chi connectivity index (χ1n) is 9.32. The van der Waals surface area contributed by atoms with E-state index < -0.39 is 0 Å². The van der Waals surface area contributed by atoms with Crippen LogP contribution in [0.5, 0.6) is 0 Å². The van der Waals surface area contributed by atoms with E-state index in [-0.39, 0.29) is 5.71 Å². The van der Waals surface area contributed by atoms with Gasteiger partial charge in [-0.2, -0.15) is 10.4 Å². The normalized spacial score (nSPS) is 11.5. The number of aryl methyl sites for hydroxylation is 2. The Labute approximate surface area is 170 Å². The Morgan fingerprint density at radius 3 is 2.54 bits per heavy atom. The zero-order valence-electron chi connectivity index (χ0n) is 16.7. The molecule has 0 saturated carbocycles. The molecule has 28 heavy (non-hydrogen) atoms. The summed E-state index contributed by atoms with van der Waals surface area (Å²) in [7, 11) is 0. The number of aromatic nitrogens is 1. The number of hydrogen-bond donors (Lipinski definition) is 1. The van der Waals surface area contributed by atoms with Gasteiger partial charge in [0, 0.05) is 10.9 Å². The first-order valence-corrected chi connectivity index (χ1v) is 10.2. The molecule has 0 amide bonds. The number of benzene rings is 2. The van der Waals surface area contributed by atoms with E-state index in [0.29, 0.717) is 10.9 Å². The predicted octanol–water partition coefficient (Wildman–Crippen LogP) is 5.97. The molecular weight excluding hydrogens is 364 g/mol. The highest BCUT2D eigenvalue weighted by molar-refractivity contribution is 7.12. The molecule has 3 aromatic rings. The lowest BCUT2D eigenvalue weighted by Crippen LogP contribution is -2.01. The highest BCUT2D eigenvalue weighted by Crippen LogP contribution is 2.23. The van der Waals surface area contributed by atoms with Crippen LogP contribution in [0.1, 0.15) is 35.5 Å². The van der Waals surface area contributed by atoms with Gasteiger partial charge in [0.05, 0.1) is 11.4 Å².